The van der Waals surface area contributed by atoms with Crippen molar-refractivity contribution in [2.45, 2.75) is 39.3 Å². The van der Waals surface area contributed by atoms with Gasteiger partial charge in [-0.3, -0.25) is 4.90 Å². The van der Waals surface area contributed by atoms with Crippen molar-refractivity contribution in [3.8, 4) is 5.75 Å². The summed E-state index contributed by atoms with van der Waals surface area (Å²) in [6, 6.07) is 4.16. The Morgan fingerprint density at radius 2 is 1.89 bits per heavy atom. The second-order valence-corrected chi connectivity index (χ2v) is 5.19. The normalized spacial score (nSPS) is 13.7. The van der Waals surface area contributed by atoms with Crippen molar-refractivity contribution < 1.29 is 9.13 Å². The molecule has 0 radical (unpaired) electrons. The maximum Gasteiger partial charge on any atom is 0.123 e. The Balaban J connectivity index is 3.17. The maximum absolute atomic E-state index is 13.5. The summed E-state index contributed by atoms with van der Waals surface area (Å²) in [5, 5.41) is 0. The molecule has 0 aromatic heterocycles. The van der Waals surface area contributed by atoms with Crippen molar-refractivity contribution in [2.75, 3.05) is 20.2 Å². The molecule has 0 heterocycles. The fourth-order valence-electron chi connectivity index (χ4n) is 2.56. The number of methoxy groups -OCH3 is 1. The van der Waals surface area contributed by atoms with Gasteiger partial charge in [-0.1, -0.05) is 13.8 Å². The van der Waals surface area contributed by atoms with Gasteiger partial charge in [0, 0.05) is 11.1 Å². The summed E-state index contributed by atoms with van der Waals surface area (Å²) in [6.45, 7) is 10.1. The predicted molar refractivity (Wildman–Crippen MR) is 76.9 cm³/mol. The van der Waals surface area contributed by atoms with E-state index in [1.807, 2.05) is 0 Å². The van der Waals surface area contributed by atoms with E-state index in [9.17, 15) is 4.39 Å². The molecule has 1 aromatic carbocycles. The first-order chi connectivity index (χ1) is 8.88. The molecule has 0 bridgehead atoms. The summed E-state index contributed by atoms with van der Waals surface area (Å²) in [5.41, 5.74) is 6.82. The van der Waals surface area contributed by atoms with Gasteiger partial charge in [-0.15, -0.1) is 0 Å². The zero-order valence-electron chi connectivity index (χ0n) is 12.5. The largest absolute Gasteiger partial charge is 0.496 e. The fraction of sp³-hybridized carbons (Fsp3) is 0.600. The Morgan fingerprint density at radius 1 is 1.32 bits per heavy atom. The Labute approximate surface area is 115 Å². The lowest BCUT2D eigenvalue weighted by Crippen LogP contribution is -2.51. The molecular weight excluding hydrogens is 243 g/mol. The van der Waals surface area contributed by atoms with E-state index in [4.69, 9.17) is 10.5 Å². The highest BCUT2D eigenvalue weighted by atomic mass is 19.1. The average Bonchev–Trinajstić information content (AvgIpc) is 2.38. The molecule has 3 nitrogen and oxygen atoms in total. The van der Waals surface area contributed by atoms with Crippen molar-refractivity contribution in [3.05, 3.63) is 29.6 Å². The number of nitrogens with two attached hydrogens (primary N) is 1. The van der Waals surface area contributed by atoms with Crippen molar-refractivity contribution in [1.82, 2.24) is 4.90 Å². The van der Waals surface area contributed by atoms with Crippen LogP contribution in [0, 0.1) is 5.82 Å². The van der Waals surface area contributed by atoms with Gasteiger partial charge in [0.15, 0.2) is 0 Å². The first-order valence-corrected chi connectivity index (χ1v) is 6.72. The summed E-state index contributed by atoms with van der Waals surface area (Å²) in [7, 11) is 1.58. The van der Waals surface area contributed by atoms with Crippen LogP contribution in [0.2, 0.25) is 0 Å². The van der Waals surface area contributed by atoms with E-state index in [1.54, 1.807) is 13.2 Å². The fourth-order valence-corrected chi connectivity index (χ4v) is 2.56. The summed E-state index contributed by atoms with van der Waals surface area (Å²) < 4.78 is 18.8. The van der Waals surface area contributed by atoms with Crippen LogP contribution >= 0.6 is 0 Å². The minimum absolute atomic E-state index is 0.273. The van der Waals surface area contributed by atoms with Crippen LogP contribution in [0.25, 0.3) is 0 Å². The molecule has 1 aromatic rings. The first-order valence-electron chi connectivity index (χ1n) is 6.72. The van der Waals surface area contributed by atoms with Crippen molar-refractivity contribution >= 4 is 0 Å². The lowest BCUT2D eigenvalue weighted by Gasteiger charge is -2.42. The molecule has 0 amide bonds. The lowest BCUT2D eigenvalue weighted by molar-refractivity contribution is 0.105. The molecule has 4 heteroatoms. The zero-order chi connectivity index (χ0) is 14.6. The molecule has 0 saturated carbocycles. The SMILES string of the molecule is CCN(CC)C(C)(C)C(N)c1cc(F)ccc1OC. The van der Waals surface area contributed by atoms with Crippen LogP contribution in [-0.4, -0.2) is 30.6 Å². The molecule has 0 aliphatic carbocycles. The minimum atomic E-state index is -0.321. The molecule has 0 spiro atoms. The zero-order valence-corrected chi connectivity index (χ0v) is 12.5. The van der Waals surface area contributed by atoms with Crippen molar-refractivity contribution in [1.29, 1.82) is 0 Å². The molecule has 108 valence electrons. The highest BCUT2D eigenvalue weighted by Gasteiger charge is 2.34. The van der Waals surface area contributed by atoms with Crippen LogP contribution in [0.15, 0.2) is 18.2 Å². The van der Waals surface area contributed by atoms with E-state index in [0.29, 0.717) is 11.3 Å². The van der Waals surface area contributed by atoms with Gasteiger partial charge in [-0.2, -0.15) is 0 Å². The number of hydrogen-bond donors (Lipinski definition) is 1. The van der Waals surface area contributed by atoms with Crippen LogP contribution in [0.4, 0.5) is 4.39 Å². The maximum atomic E-state index is 13.5. The number of halogens is 1. The molecule has 1 rings (SSSR count). The summed E-state index contributed by atoms with van der Waals surface area (Å²) in [4.78, 5) is 2.27. The monoisotopic (exact) mass is 268 g/mol. The third-order valence-corrected chi connectivity index (χ3v) is 3.87. The number of likely N-dealkylation sites (N-methyl/N-ethyl adjacent to an activating group) is 1. The number of nitrogens with zero attached hydrogens (tertiary/aromatic N) is 1. The van der Waals surface area contributed by atoms with Gasteiger partial charge in [0.1, 0.15) is 11.6 Å². The van der Waals surface area contributed by atoms with Gasteiger partial charge < -0.3 is 10.5 Å². The van der Waals surface area contributed by atoms with Gasteiger partial charge >= 0.3 is 0 Å². The van der Waals surface area contributed by atoms with E-state index >= 15 is 0 Å². The van der Waals surface area contributed by atoms with Crippen LogP contribution in [0.3, 0.4) is 0 Å². The van der Waals surface area contributed by atoms with E-state index < -0.39 is 0 Å². The van der Waals surface area contributed by atoms with Crippen molar-refractivity contribution in [3.63, 3.8) is 0 Å². The number of benzene rings is 1. The summed E-state index contributed by atoms with van der Waals surface area (Å²) >= 11 is 0. The molecule has 0 aliphatic heterocycles. The molecule has 2 N–H and O–H groups in total. The highest BCUT2D eigenvalue weighted by Crippen LogP contribution is 2.34. The van der Waals surface area contributed by atoms with E-state index in [0.717, 1.165) is 13.1 Å². The van der Waals surface area contributed by atoms with E-state index in [2.05, 4.69) is 32.6 Å². The number of rotatable bonds is 6. The van der Waals surface area contributed by atoms with Crippen molar-refractivity contribution in [2.24, 2.45) is 5.73 Å². The molecule has 0 saturated heterocycles. The Hall–Kier alpha value is -1.13. The van der Waals surface area contributed by atoms with E-state index in [1.165, 1.54) is 12.1 Å². The smallest absolute Gasteiger partial charge is 0.123 e. The van der Waals surface area contributed by atoms with Crippen LogP contribution < -0.4 is 10.5 Å². The standard InChI is InChI=1S/C15H25FN2O/c1-6-18(7-2)15(3,4)14(17)12-10-11(16)8-9-13(12)19-5/h8-10,14H,6-7,17H2,1-5H3. The molecule has 1 atom stereocenters. The third kappa shape index (κ3) is 3.25. The molecule has 0 fully saturated rings. The highest BCUT2D eigenvalue weighted by molar-refractivity contribution is 5.38. The summed E-state index contributed by atoms with van der Waals surface area (Å²) in [5.74, 6) is 0.343. The first kappa shape index (κ1) is 15.9. The van der Waals surface area contributed by atoms with Gasteiger partial charge in [0.05, 0.1) is 13.2 Å². The topological polar surface area (TPSA) is 38.5 Å². The third-order valence-electron chi connectivity index (χ3n) is 3.87. The Bertz CT molecular complexity index is 417. The van der Waals surface area contributed by atoms with Crippen LogP contribution in [0.1, 0.15) is 39.3 Å². The lowest BCUT2D eigenvalue weighted by atomic mass is 9.87. The predicted octanol–water partition coefficient (Wildman–Crippen LogP) is 2.95. The minimum Gasteiger partial charge on any atom is -0.496 e. The molecule has 0 aliphatic rings. The quantitative estimate of drug-likeness (QED) is 0.862. The van der Waals surface area contributed by atoms with Gasteiger partial charge in [-0.05, 0) is 45.1 Å². The number of hydrogen-bond acceptors (Lipinski definition) is 3. The van der Waals surface area contributed by atoms with Crippen LogP contribution in [-0.2, 0) is 0 Å². The Kier molecular flexibility index (Phi) is 5.32. The molecular formula is C15H25FN2O. The second-order valence-electron chi connectivity index (χ2n) is 5.19. The second kappa shape index (κ2) is 6.35. The van der Waals surface area contributed by atoms with Gasteiger partial charge in [0.25, 0.3) is 0 Å². The molecule has 1 unspecified atom stereocenters. The van der Waals surface area contributed by atoms with Crippen LogP contribution in [0.5, 0.6) is 5.75 Å². The van der Waals surface area contributed by atoms with E-state index in [-0.39, 0.29) is 17.4 Å². The average molecular weight is 268 g/mol. The Morgan fingerprint density at radius 3 is 2.37 bits per heavy atom. The van der Waals surface area contributed by atoms with Gasteiger partial charge in [-0.25, -0.2) is 4.39 Å². The number of ether oxygens (including phenoxy) is 1. The molecule has 19 heavy (non-hydrogen) atoms. The van der Waals surface area contributed by atoms with Gasteiger partial charge in [0.2, 0.25) is 0 Å². The summed E-state index contributed by atoms with van der Waals surface area (Å²) in [6.07, 6.45) is 0.